The summed E-state index contributed by atoms with van der Waals surface area (Å²) < 4.78 is 0. The number of carbonyl (C=O) groups excluding carboxylic acids is 1. The standard InChI is InChI=1S/C20H36N4O/c1-15-6-5-7-16(12-15)24-10-8-20(14-21,9-11-24)23-18(25)17(22)13-19(2,3)4/h15-17H,5-13,22H2,1-4H3,(H,23,25). The highest BCUT2D eigenvalue weighted by Gasteiger charge is 2.39. The van der Waals surface area contributed by atoms with E-state index in [0.717, 1.165) is 19.0 Å². The predicted octanol–water partition coefficient (Wildman–Crippen LogP) is 2.80. The van der Waals surface area contributed by atoms with Crippen LogP contribution in [0, 0.1) is 22.7 Å². The number of likely N-dealkylation sites (tertiary alicyclic amines) is 1. The summed E-state index contributed by atoms with van der Waals surface area (Å²) in [5, 5.41) is 12.7. The van der Waals surface area contributed by atoms with Crippen molar-refractivity contribution in [1.82, 2.24) is 10.2 Å². The number of hydrogen-bond acceptors (Lipinski definition) is 4. The maximum absolute atomic E-state index is 12.5. The highest BCUT2D eigenvalue weighted by Crippen LogP contribution is 2.31. The van der Waals surface area contributed by atoms with Crippen molar-refractivity contribution in [2.24, 2.45) is 17.1 Å². The van der Waals surface area contributed by atoms with Crippen molar-refractivity contribution >= 4 is 5.91 Å². The highest BCUT2D eigenvalue weighted by molar-refractivity contribution is 5.82. The van der Waals surface area contributed by atoms with Gasteiger partial charge in [0, 0.05) is 19.1 Å². The first-order chi connectivity index (χ1) is 11.6. The van der Waals surface area contributed by atoms with Crippen molar-refractivity contribution in [3.05, 3.63) is 0 Å². The number of hydrogen-bond donors (Lipinski definition) is 2. The molecule has 0 radical (unpaired) electrons. The maximum Gasteiger partial charge on any atom is 0.238 e. The highest BCUT2D eigenvalue weighted by atomic mass is 16.2. The topological polar surface area (TPSA) is 82.2 Å². The van der Waals surface area contributed by atoms with Crippen molar-refractivity contribution < 1.29 is 4.79 Å². The minimum absolute atomic E-state index is 0.00238. The van der Waals surface area contributed by atoms with E-state index in [2.05, 4.69) is 44.0 Å². The van der Waals surface area contributed by atoms with E-state index in [0.29, 0.717) is 25.3 Å². The van der Waals surface area contributed by atoms with Gasteiger partial charge in [-0.3, -0.25) is 4.79 Å². The zero-order chi connectivity index (χ0) is 18.7. The lowest BCUT2D eigenvalue weighted by Gasteiger charge is -2.43. The Morgan fingerprint density at radius 3 is 2.52 bits per heavy atom. The van der Waals surface area contributed by atoms with Crippen LogP contribution in [0.2, 0.25) is 0 Å². The molecule has 2 aliphatic rings. The molecule has 0 bridgehead atoms. The Kier molecular flexibility index (Phi) is 6.51. The number of rotatable bonds is 4. The predicted molar refractivity (Wildman–Crippen MR) is 101 cm³/mol. The number of nitrogens with one attached hydrogen (secondary N) is 1. The summed E-state index contributed by atoms with van der Waals surface area (Å²) >= 11 is 0. The van der Waals surface area contributed by atoms with Gasteiger partial charge in [0.1, 0.15) is 5.54 Å². The molecule has 25 heavy (non-hydrogen) atoms. The molecule has 3 atom stereocenters. The molecule has 3 unspecified atom stereocenters. The van der Waals surface area contributed by atoms with Crippen molar-refractivity contribution in [2.75, 3.05) is 13.1 Å². The van der Waals surface area contributed by atoms with Crippen LogP contribution >= 0.6 is 0 Å². The average molecular weight is 349 g/mol. The molecule has 1 amide bonds. The smallest absolute Gasteiger partial charge is 0.238 e. The molecule has 142 valence electrons. The minimum atomic E-state index is -0.747. The fourth-order valence-corrected chi connectivity index (χ4v) is 4.35. The van der Waals surface area contributed by atoms with Crippen LogP contribution < -0.4 is 11.1 Å². The van der Waals surface area contributed by atoms with Gasteiger partial charge in [0.2, 0.25) is 5.91 Å². The van der Waals surface area contributed by atoms with Gasteiger partial charge in [0.15, 0.2) is 0 Å². The fraction of sp³-hybridized carbons (Fsp3) is 0.900. The molecular weight excluding hydrogens is 312 g/mol. The molecule has 0 aromatic heterocycles. The van der Waals surface area contributed by atoms with Gasteiger partial charge < -0.3 is 16.0 Å². The molecule has 1 aliphatic heterocycles. The molecule has 1 saturated heterocycles. The third-order valence-corrected chi connectivity index (χ3v) is 5.82. The number of nitrogens with zero attached hydrogens (tertiary/aromatic N) is 2. The number of nitrogens with two attached hydrogens (primary N) is 1. The molecule has 0 spiro atoms. The summed E-state index contributed by atoms with van der Waals surface area (Å²) in [5.41, 5.74) is 5.31. The normalized spacial score (nSPS) is 28.8. The van der Waals surface area contributed by atoms with Crippen molar-refractivity contribution in [3.63, 3.8) is 0 Å². The van der Waals surface area contributed by atoms with Crippen LogP contribution in [0.1, 0.15) is 72.6 Å². The average Bonchev–Trinajstić information content (AvgIpc) is 2.54. The van der Waals surface area contributed by atoms with Gasteiger partial charge >= 0.3 is 0 Å². The van der Waals surface area contributed by atoms with Crippen LogP contribution in [0.4, 0.5) is 0 Å². The van der Waals surface area contributed by atoms with Gasteiger partial charge in [-0.25, -0.2) is 0 Å². The first kappa shape index (κ1) is 20.2. The van der Waals surface area contributed by atoms with E-state index in [1.165, 1.54) is 25.7 Å². The molecule has 0 aromatic rings. The molecule has 1 aliphatic carbocycles. The second-order valence-corrected chi connectivity index (χ2v) is 9.52. The second kappa shape index (κ2) is 8.05. The van der Waals surface area contributed by atoms with E-state index < -0.39 is 11.6 Å². The Labute approximate surface area is 153 Å². The summed E-state index contributed by atoms with van der Waals surface area (Å²) in [5.74, 6) is 0.618. The van der Waals surface area contributed by atoms with E-state index in [4.69, 9.17) is 5.73 Å². The van der Waals surface area contributed by atoms with Crippen molar-refractivity contribution in [1.29, 1.82) is 5.26 Å². The number of amides is 1. The third-order valence-electron chi connectivity index (χ3n) is 5.82. The van der Waals surface area contributed by atoms with Crippen LogP contribution in [0.25, 0.3) is 0 Å². The van der Waals surface area contributed by atoms with E-state index in [9.17, 15) is 10.1 Å². The number of carbonyl (C=O) groups is 1. The van der Waals surface area contributed by atoms with Gasteiger partial charge in [0.05, 0.1) is 12.1 Å². The monoisotopic (exact) mass is 348 g/mol. The van der Waals surface area contributed by atoms with E-state index in [1.807, 2.05) is 0 Å². The number of nitriles is 1. The summed E-state index contributed by atoms with van der Waals surface area (Å²) in [6.45, 7) is 10.3. The Morgan fingerprint density at radius 2 is 2.00 bits per heavy atom. The van der Waals surface area contributed by atoms with Crippen LogP contribution in [0.5, 0.6) is 0 Å². The van der Waals surface area contributed by atoms with Gasteiger partial charge in [-0.1, -0.05) is 40.5 Å². The Hall–Kier alpha value is -1.12. The van der Waals surface area contributed by atoms with E-state index in [1.54, 1.807) is 0 Å². The van der Waals surface area contributed by atoms with Crippen molar-refractivity contribution in [3.8, 4) is 6.07 Å². The van der Waals surface area contributed by atoms with E-state index in [-0.39, 0.29) is 11.3 Å². The summed E-state index contributed by atoms with van der Waals surface area (Å²) in [6.07, 6.45) is 7.20. The Balaban J connectivity index is 1.90. The lowest BCUT2D eigenvalue weighted by atomic mass is 9.82. The van der Waals surface area contributed by atoms with Crippen LogP contribution in [0.15, 0.2) is 0 Å². The lowest BCUT2D eigenvalue weighted by Crippen LogP contribution is -2.59. The molecule has 2 fully saturated rings. The lowest BCUT2D eigenvalue weighted by molar-refractivity contribution is -0.125. The van der Waals surface area contributed by atoms with Crippen LogP contribution in [0.3, 0.4) is 0 Å². The molecular formula is C20H36N4O. The zero-order valence-corrected chi connectivity index (χ0v) is 16.5. The first-order valence-corrected chi connectivity index (χ1v) is 9.87. The molecule has 1 saturated carbocycles. The molecule has 5 heteroatoms. The van der Waals surface area contributed by atoms with Crippen molar-refractivity contribution in [2.45, 2.75) is 90.3 Å². The molecule has 0 aromatic carbocycles. The quantitative estimate of drug-likeness (QED) is 0.818. The first-order valence-electron chi connectivity index (χ1n) is 9.87. The van der Waals surface area contributed by atoms with Gasteiger partial charge in [-0.15, -0.1) is 0 Å². The summed E-state index contributed by atoms with van der Waals surface area (Å²) in [7, 11) is 0. The third kappa shape index (κ3) is 5.69. The van der Waals surface area contributed by atoms with Gasteiger partial charge in [-0.2, -0.15) is 5.26 Å². The maximum atomic E-state index is 12.5. The summed E-state index contributed by atoms with van der Waals surface area (Å²) in [6, 6.07) is 2.48. The molecule has 3 N–H and O–H groups in total. The molecule has 1 heterocycles. The Morgan fingerprint density at radius 1 is 1.36 bits per heavy atom. The largest absolute Gasteiger partial charge is 0.336 e. The summed E-state index contributed by atoms with van der Waals surface area (Å²) in [4.78, 5) is 15.0. The number of piperidine rings is 1. The SMILES string of the molecule is CC1CCCC(N2CCC(C#N)(NC(=O)C(N)CC(C)(C)C)CC2)C1. The van der Waals surface area contributed by atoms with Gasteiger partial charge in [0.25, 0.3) is 0 Å². The zero-order valence-electron chi connectivity index (χ0n) is 16.5. The van der Waals surface area contributed by atoms with Crippen LogP contribution in [-0.2, 0) is 4.79 Å². The molecule has 2 rings (SSSR count). The van der Waals surface area contributed by atoms with Crippen LogP contribution in [-0.4, -0.2) is 41.5 Å². The Bertz CT molecular complexity index is 497. The second-order valence-electron chi connectivity index (χ2n) is 9.52. The molecule has 5 nitrogen and oxygen atoms in total. The van der Waals surface area contributed by atoms with Gasteiger partial charge in [-0.05, 0) is 43.4 Å². The van der Waals surface area contributed by atoms with E-state index >= 15 is 0 Å². The fourth-order valence-electron chi connectivity index (χ4n) is 4.35. The minimum Gasteiger partial charge on any atom is -0.336 e.